The molecular weight excluding hydrogens is 254 g/mol. The molecule has 0 aliphatic rings. The topological polar surface area (TPSA) is 62.0 Å². The largest absolute Gasteiger partial charge is 0.508 e. The van der Waals surface area contributed by atoms with Crippen LogP contribution in [-0.4, -0.2) is 23.0 Å². The van der Waals surface area contributed by atoms with E-state index in [0.717, 1.165) is 5.56 Å². The standard InChI is InChI=1S/C16H17NO3/c1-11(14-8-7-13(20-2)9-16(14)19)17-10-12-5-3-4-6-15(12)18/h3-9,18-19H,10H2,1-2H3/b17-11+. The number of para-hydroxylation sites is 1. The first-order valence-electron chi connectivity index (χ1n) is 6.27. The van der Waals surface area contributed by atoms with Gasteiger partial charge in [0.25, 0.3) is 0 Å². The van der Waals surface area contributed by atoms with Crippen molar-refractivity contribution in [3.8, 4) is 17.2 Å². The lowest BCUT2D eigenvalue weighted by Crippen LogP contribution is -1.97. The van der Waals surface area contributed by atoms with Crippen molar-refractivity contribution in [2.75, 3.05) is 7.11 Å². The SMILES string of the molecule is COc1ccc(/C(C)=N/Cc2ccccc2O)c(O)c1. The highest BCUT2D eigenvalue weighted by molar-refractivity contribution is 6.01. The first-order chi connectivity index (χ1) is 9.61. The minimum atomic E-state index is 0.128. The molecule has 0 saturated carbocycles. The van der Waals surface area contributed by atoms with E-state index in [1.54, 1.807) is 37.4 Å². The van der Waals surface area contributed by atoms with Gasteiger partial charge in [-0.25, -0.2) is 0 Å². The molecule has 0 aliphatic heterocycles. The molecular formula is C16H17NO3. The van der Waals surface area contributed by atoms with Crippen molar-refractivity contribution >= 4 is 5.71 Å². The molecule has 0 amide bonds. The van der Waals surface area contributed by atoms with Crippen LogP contribution < -0.4 is 4.74 Å². The van der Waals surface area contributed by atoms with Crippen molar-refractivity contribution < 1.29 is 14.9 Å². The highest BCUT2D eigenvalue weighted by Crippen LogP contribution is 2.24. The molecule has 0 unspecified atom stereocenters. The number of hydrogen-bond acceptors (Lipinski definition) is 4. The molecule has 4 heteroatoms. The number of hydrogen-bond donors (Lipinski definition) is 2. The first kappa shape index (κ1) is 13.9. The Bertz CT molecular complexity index is 635. The van der Waals surface area contributed by atoms with Gasteiger partial charge < -0.3 is 14.9 Å². The summed E-state index contributed by atoms with van der Waals surface area (Å²) in [5.41, 5.74) is 2.11. The van der Waals surface area contributed by atoms with Gasteiger partial charge in [0.2, 0.25) is 0 Å². The molecule has 4 nitrogen and oxygen atoms in total. The Morgan fingerprint density at radius 3 is 2.50 bits per heavy atom. The number of rotatable bonds is 4. The number of aromatic hydroxyl groups is 2. The van der Waals surface area contributed by atoms with E-state index in [0.29, 0.717) is 23.6 Å². The monoisotopic (exact) mass is 271 g/mol. The summed E-state index contributed by atoms with van der Waals surface area (Å²) in [4.78, 5) is 4.40. The number of ether oxygens (including phenoxy) is 1. The highest BCUT2D eigenvalue weighted by Gasteiger charge is 2.06. The third kappa shape index (κ3) is 3.09. The molecule has 0 fully saturated rings. The average molecular weight is 271 g/mol. The zero-order valence-corrected chi connectivity index (χ0v) is 11.5. The Labute approximate surface area is 118 Å². The summed E-state index contributed by atoms with van der Waals surface area (Å²) in [5.74, 6) is 0.950. The average Bonchev–Trinajstić information content (AvgIpc) is 2.46. The molecule has 0 heterocycles. The van der Waals surface area contributed by atoms with Gasteiger partial charge in [-0.3, -0.25) is 4.99 Å². The lowest BCUT2D eigenvalue weighted by atomic mass is 10.1. The Hall–Kier alpha value is -2.49. The van der Waals surface area contributed by atoms with Crippen molar-refractivity contribution in [2.24, 2.45) is 4.99 Å². The van der Waals surface area contributed by atoms with Crippen LogP contribution in [0.1, 0.15) is 18.1 Å². The van der Waals surface area contributed by atoms with Gasteiger partial charge in [0, 0.05) is 22.9 Å². The minimum Gasteiger partial charge on any atom is -0.508 e. The summed E-state index contributed by atoms with van der Waals surface area (Å²) >= 11 is 0. The lowest BCUT2D eigenvalue weighted by Gasteiger charge is -2.07. The maximum Gasteiger partial charge on any atom is 0.128 e. The second-order valence-corrected chi connectivity index (χ2v) is 4.41. The Morgan fingerprint density at radius 2 is 1.85 bits per heavy atom. The van der Waals surface area contributed by atoms with Crippen LogP contribution in [0.5, 0.6) is 17.2 Å². The zero-order valence-electron chi connectivity index (χ0n) is 11.5. The van der Waals surface area contributed by atoms with E-state index in [9.17, 15) is 10.2 Å². The molecule has 0 saturated heterocycles. The quantitative estimate of drug-likeness (QED) is 0.840. The summed E-state index contributed by atoms with van der Waals surface area (Å²) in [6.07, 6.45) is 0. The first-order valence-corrected chi connectivity index (χ1v) is 6.27. The van der Waals surface area contributed by atoms with E-state index in [-0.39, 0.29) is 11.5 Å². The fourth-order valence-electron chi connectivity index (χ4n) is 1.88. The third-order valence-electron chi connectivity index (χ3n) is 3.07. The minimum absolute atomic E-state index is 0.128. The Morgan fingerprint density at radius 1 is 1.10 bits per heavy atom. The number of benzene rings is 2. The van der Waals surface area contributed by atoms with Crippen LogP contribution in [0.15, 0.2) is 47.5 Å². The zero-order chi connectivity index (χ0) is 14.5. The molecule has 0 bridgehead atoms. The molecule has 0 atom stereocenters. The van der Waals surface area contributed by atoms with E-state index < -0.39 is 0 Å². The maximum absolute atomic E-state index is 9.93. The molecule has 2 aromatic rings. The Kier molecular flexibility index (Phi) is 4.25. The molecule has 0 aliphatic carbocycles. The van der Waals surface area contributed by atoms with Crippen molar-refractivity contribution in [3.05, 3.63) is 53.6 Å². The molecule has 2 rings (SSSR count). The van der Waals surface area contributed by atoms with Crippen LogP contribution in [0.2, 0.25) is 0 Å². The van der Waals surface area contributed by atoms with Gasteiger partial charge in [-0.2, -0.15) is 0 Å². The van der Waals surface area contributed by atoms with Gasteiger partial charge in [0.15, 0.2) is 0 Å². The summed E-state index contributed by atoms with van der Waals surface area (Å²) < 4.78 is 5.04. The van der Waals surface area contributed by atoms with E-state index in [1.165, 1.54) is 0 Å². The van der Waals surface area contributed by atoms with Crippen molar-refractivity contribution in [2.45, 2.75) is 13.5 Å². The molecule has 104 valence electrons. The molecule has 0 radical (unpaired) electrons. The number of aliphatic imine (C=N–C) groups is 1. The van der Waals surface area contributed by atoms with Crippen molar-refractivity contribution in [3.63, 3.8) is 0 Å². The van der Waals surface area contributed by atoms with Crippen LogP contribution in [0.4, 0.5) is 0 Å². The van der Waals surface area contributed by atoms with E-state index in [2.05, 4.69) is 4.99 Å². The molecule has 2 aromatic carbocycles. The molecule has 0 spiro atoms. The molecule has 2 N–H and O–H groups in total. The van der Waals surface area contributed by atoms with Gasteiger partial charge >= 0.3 is 0 Å². The smallest absolute Gasteiger partial charge is 0.128 e. The molecule has 20 heavy (non-hydrogen) atoms. The normalized spacial score (nSPS) is 11.4. The summed E-state index contributed by atoms with van der Waals surface area (Å²) in [7, 11) is 1.55. The number of nitrogens with zero attached hydrogens (tertiary/aromatic N) is 1. The van der Waals surface area contributed by atoms with Gasteiger partial charge in [0.05, 0.1) is 13.7 Å². The second kappa shape index (κ2) is 6.10. The fraction of sp³-hybridized carbons (Fsp3) is 0.188. The van der Waals surface area contributed by atoms with E-state index in [4.69, 9.17) is 4.74 Å². The molecule has 0 aromatic heterocycles. The number of methoxy groups -OCH3 is 1. The fourth-order valence-corrected chi connectivity index (χ4v) is 1.88. The van der Waals surface area contributed by atoms with Gasteiger partial charge in [0.1, 0.15) is 17.2 Å². The lowest BCUT2D eigenvalue weighted by molar-refractivity contribution is 0.407. The predicted molar refractivity (Wildman–Crippen MR) is 78.7 cm³/mol. The van der Waals surface area contributed by atoms with Gasteiger partial charge in [-0.05, 0) is 25.1 Å². The van der Waals surface area contributed by atoms with Crippen LogP contribution in [0.3, 0.4) is 0 Å². The van der Waals surface area contributed by atoms with Gasteiger partial charge in [-0.15, -0.1) is 0 Å². The van der Waals surface area contributed by atoms with Crippen LogP contribution in [-0.2, 0) is 6.54 Å². The van der Waals surface area contributed by atoms with Crippen LogP contribution >= 0.6 is 0 Å². The summed E-state index contributed by atoms with van der Waals surface area (Å²) in [5, 5.41) is 19.6. The summed E-state index contributed by atoms with van der Waals surface area (Å²) in [6, 6.07) is 12.2. The summed E-state index contributed by atoms with van der Waals surface area (Å²) in [6.45, 7) is 2.19. The predicted octanol–water partition coefficient (Wildman–Crippen LogP) is 3.12. The Balaban J connectivity index is 2.21. The number of phenolic OH excluding ortho intramolecular Hbond substituents is 2. The van der Waals surface area contributed by atoms with Crippen LogP contribution in [0.25, 0.3) is 0 Å². The van der Waals surface area contributed by atoms with Gasteiger partial charge in [-0.1, -0.05) is 18.2 Å². The van der Waals surface area contributed by atoms with E-state index in [1.807, 2.05) is 19.1 Å². The van der Waals surface area contributed by atoms with Crippen molar-refractivity contribution in [1.29, 1.82) is 0 Å². The van der Waals surface area contributed by atoms with E-state index >= 15 is 0 Å². The number of phenols is 2. The highest BCUT2D eigenvalue weighted by atomic mass is 16.5. The van der Waals surface area contributed by atoms with Crippen molar-refractivity contribution in [1.82, 2.24) is 0 Å². The van der Waals surface area contributed by atoms with Crippen LogP contribution in [0, 0.1) is 0 Å². The second-order valence-electron chi connectivity index (χ2n) is 4.41. The maximum atomic E-state index is 9.93. The third-order valence-corrected chi connectivity index (χ3v) is 3.07.